The second kappa shape index (κ2) is 10.9. The van der Waals surface area contributed by atoms with E-state index in [1.165, 1.54) is 0 Å². The molecular weight excluding hydrogens is 392 g/mol. The molecule has 0 spiro atoms. The van der Waals surface area contributed by atoms with Gasteiger partial charge in [0.15, 0.2) is 0 Å². The Morgan fingerprint density at radius 1 is 0.935 bits per heavy atom. The zero-order valence-electron chi connectivity index (χ0n) is 18.3. The van der Waals surface area contributed by atoms with E-state index < -0.39 is 18.4 Å². The Kier molecular flexibility index (Phi) is 8.32. The first kappa shape index (κ1) is 23.6. The summed E-state index contributed by atoms with van der Waals surface area (Å²) in [6, 6.07) is 15.0. The van der Waals surface area contributed by atoms with Crippen LogP contribution >= 0.6 is 0 Å². The molecule has 2 aromatic rings. The predicted octanol–water partition coefficient (Wildman–Crippen LogP) is 3.95. The van der Waals surface area contributed by atoms with Crippen LogP contribution in [-0.2, 0) is 9.59 Å². The third-order valence-electron chi connectivity index (χ3n) is 4.69. The summed E-state index contributed by atoms with van der Waals surface area (Å²) >= 11 is 0. The van der Waals surface area contributed by atoms with Crippen molar-refractivity contribution < 1.29 is 19.5 Å². The second-order valence-corrected chi connectivity index (χ2v) is 7.17. The first-order chi connectivity index (χ1) is 14.8. The van der Waals surface area contributed by atoms with Crippen LogP contribution in [0.3, 0.4) is 0 Å². The number of rotatable bonds is 9. The Hall–Kier alpha value is -3.67. The quantitative estimate of drug-likeness (QED) is 0.474. The number of nitrogens with one attached hydrogen (secondary N) is 1. The average Bonchev–Trinajstić information content (AvgIpc) is 2.73. The van der Waals surface area contributed by atoms with Crippen molar-refractivity contribution in [2.24, 2.45) is 0 Å². The smallest absolute Gasteiger partial charge is 0.322 e. The monoisotopic (exact) mass is 420 g/mol. The molecule has 0 aliphatic carbocycles. The van der Waals surface area contributed by atoms with E-state index >= 15 is 0 Å². The maximum atomic E-state index is 13.4. The number of Topliss-reactive ketones (excluding diaryl/α,β-unsaturated/α-hetero) is 1. The predicted molar refractivity (Wildman–Crippen MR) is 121 cm³/mol. The van der Waals surface area contributed by atoms with Gasteiger partial charge in [-0.1, -0.05) is 59.7 Å². The van der Waals surface area contributed by atoms with Crippen molar-refractivity contribution in [3.8, 4) is 0 Å². The van der Waals surface area contributed by atoms with Crippen molar-refractivity contribution in [3.05, 3.63) is 88.6 Å². The third kappa shape index (κ3) is 6.40. The summed E-state index contributed by atoms with van der Waals surface area (Å²) in [4.78, 5) is 38.4. The largest absolute Gasteiger partial charge is 0.480 e. The van der Waals surface area contributed by atoms with Gasteiger partial charge in [-0.2, -0.15) is 0 Å². The molecule has 0 bridgehead atoms. The van der Waals surface area contributed by atoms with E-state index in [1.54, 1.807) is 30.0 Å². The molecule has 0 fully saturated rings. The lowest BCUT2D eigenvalue weighted by Gasteiger charge is -2.29. The van der Waals surface area contributed by atoms with Crippen LogP contribution in [0.5, 0.6) is 0 Å². The number of carbonyl (C=O) groups excluding carboxylic acids is 2. The number of hydrogen-bond acceptors (Lipinski definition) is 4. The van der Waals surface area contributed by atoms with Gasteiger partial charge >= 0.3 is 5.97 Å². The van der Waals surface area contributed by atoms with Crippen LogP contribution in [0.2, 0.25) is 0 Å². The van der Waals surface area contributed by atoms with Gasteiger partial charge in [0.1, 0.15) is 13.1 Å². The van der Waals surface area contributed by atoms with E-state index in [4.69, 9.17) is 5.11 Å². The van der Waals surface area contributed by atoms with Crippen LogP contribution in [0.15, 0.2) is 66.4 Å². The van der Waals surface area contributed by atoms with Gasteiger partial charge in [-0.25, -0.2) is 0 Å². The van der Waals surface area contributed by atoms with Gasteiger partial charge in [0.25, 0.3) is 0 Å². The molecule has 0 saturated carbocycles. The molecule has 0 unspecified atom stereocenters. The first-order valence-electron chi connectivity index (χ1n) is 10.0. The molecule has 1 amide bonds. The highest BCUT2D eigenvalue weighted by atomic mass is 16.4. The van der Waals surface area contributed by atoms with Gasteiger partial charge in [-0.15, -0.1) is 0 Å². The lowest BCUT2D eigenvalue weighted by Crippen LogP contribution is -2.39. The maximum Gasteiger partial charge on any atom is 0.322 e. The van der Waals surface area contributed by atoms with Crippen LogP contribution in [0.4, 0.5) is 0 Å². The summed E-state index contributed by atoms with van der Waals surface area (Å²) in [5.41, 5.74) is 4.39. The van der Waals surface area contributed by atoms with Crippen molar-refractivity contribution in [2.45, 2.75) is 27.7 Å². The number of carboxylic acids is 1. The Bertz CT molecular complexity index is 1040. The molecular formula is C25H28N2O4. The number of aryl methyl sites for hydroxylation is 2. The molecule has 0 aliphatic heterocycles. The van der Waals surface area contributed by atoms with Crippen LogP contribution in [0.1, 0.15) is 40.9 Å². The van der Waals surface area contributed by atoms with E-state index in [-0.39, 0.29) is 12.3 Å². The molecule has 162 valence electrons. The molecule has 2 N–H and O–H groups in total. The number of amides is 1. The van der Waals surface area contributed by atoms with Gasteiger partial charge in [0, 0.05) is 11.3 Å². The Balaban J connectivity index is 2.49. The van der Waals surface area contributed by atoms with Crippen molar-refractivity contribution in [1.82, 2.24) is 10.2 Å². The van der Waals surface area contributed by atoms with Crippen molar-refractivity contribution in [1.29, 1.82) is 0 Å². The molecule has 0 heterocycles. The molecule has 0 aliphatic rings. The topological polar surface area (TPSA) is 86.7 Å². The van der Waals surface area contributed by atoms with E-state index in [2.05, 4.69) is 5.32 Å². The summed E-state index contributed by atoms with van der Waals surface area (Å²) in [7, 11) is 0. The molecule has 6 heteroatoms. The van der Waals surface area contributed by atoms with Gasteiger partial charge in [-0.3, -0.25) is 14.4 Å². The number of allylic oxidation sites excluding steroid dienone is 3. The lowest BCUT2D eigenvalue weighted by atomic mass is 10.0. The Labute approximate surface area is 182 Å². The fourth-order valence-electron chi connectivity index (χ4n) is 3.30. The summed E-state index contributed by atoms with van der Waals surface area (Å²) in [6.07, 6.45) is 3.51. The number of ketones is 1. The summed E-state index contributed by atoms with van der Waals surface area (Å²) < 4.78 is 0. The number of carboxylic acid groups (broad SMARTS) is 1. The molecule has 0 atom stereocenters. The highest BCUT2D eigenvalue weighted by Gasteiger charge is 2.24. The van der Waals surface area contributed by atoms with E-state index in [0.717, 1.165) is 16.7 Å². The molecule has 31 heavy (non-hydrogen) atoms. The van der Waals surface area contributed by atoms with Gasteiger partial charge in [-0.05, 0) is 45.4 Å². The molecule has 0 saturated heterocycles. The van der Waals surface area contributed by atoms with E-state index in [9.17, 15) is 14.4 Å². The SMILES string of the molecule is C/C=C(/C(=O)c1cccc(C)c1)N(CC(=O)NCC(=O)O)/C(=C\C)c1cccc(C)c1. The van der Waals surface area contributed by atoms with Crippen LogP contribution < -0.4 is 5.32 Å². The normalized spacial score (nSPS) is 11.7. The Morgan fingerprint density at radius 2 is 1.52 bits per heavy atom. The van der Waals surface area contributed by atoms with Gasteiger partial charge in [0.2, 0.25) is 11.7 Å². The third-order valence-corrected chi connectivity index (χ3v) is 4.69. The van der Waals surface area contributed by atoms with E-state index in [0.29, 0.717) is 17.0 Å². The first-order valence-corrected chi connectivity index (χ1v) is 10.0. The number of nitrogens with zero attached hydrogens (tertiary/aromatic N) is 1. The standard InChI is InChI=1S/C25H28N2O4/c1-5-21(19-11-7-9-17(3)13-19)27(16-23(28)26-15-24(29)30)22(6-2)25(31)20-12-8-10-18(4)14-20/h5-14H,15-16H2,1-4H3,(H,26,28)(H,29,30)/b21-5-,22-6-. The zero-order chi connectivity index (χ0) is 23.0. The second-order valence-electron chi connectivity index (χ2n) is 7.17. The number of aliphatic carboxylic acids is 1. The minimum atomic E-state index is -1.13. The fourth-order valence-corrected chi connectivity index (χ4v) is 3.30. The Morgan fingerprint density at radius 3 is 2.03 bits per heavy atom. The van der Waals surface area contributed by atoms with Crippen molar-refractivity contribution >= 4 is 23.4 Å². The van der Waals surface area contributed by atoms with Crippen LogP contribution in [-0.4, -0.2) is 40.8 Å². The van der Waals surface area contributed by atoms with Gasteiger partial charge in [0.05, 0.1) is 5.70 Å². The molecule has 0 aromatic heterocycles. The van der Waals surface area contributed by atoms with Crippen LogP contribution in [0, 0.1) is 13.8 Å². The average molecular weight is 421 g/mol. The summed E-state index contributed by atoms with van der Waals surface area (Å²) in [5, 5.41) is 11.2. The highest BCUT2D eigenvalue weighted by Crippen LogP contribution is 2.26. The minimum absolute atomic E-state index is 0.196. The maximum absolute atomic E-state index is 13.4. The molecule has 2 rings (SSSR count). The van der Waals surface area contributed by atoms with Crippen molar-refractivity contribution in [3.63, 3.8) is 0 Å². The van der Waals surface area contributed by atoms with E-state index in [1.807, 2.05) is 63.2 Å². The fraction of sp³-hybridized carbons (Fsp3) is 0.240. The van der Waals surface area contributed by atoms with Gasteiger partial charge < -0.3 is 15.3 Å². The lowest BCUT2D eigenvalue weighted by molar-refractivity contribution is -0.137. The molecule has 0 radical (unpaired) electrons. The van der Waals surface area contributed by atoms with Crippen LogP contribution in [0.25, 0.3) is 5.70 Å². The minimum Gasteiger partial charge on any atom is -0.480 e. The number of carbonyl (C=O) groups is 3. The van der Waals surface area contributed by atoms with Crippen molar-refractivity contribution in [2.75, 3.05) is 13.1 Å². The highest BCUT2D eigenvalue weighted by molar-refractivity contribution is 6.09. The number of hydrogen-bond donors (Lipinski definition) is 2. The zero-order valence-corrected chi connectivity index (χ0v) is 18.3. The summed E-state index contributed by atoms with van der Waals surface area (Å²) in [6.45, 7) is 6.78. The molecule has 6 nitrogen and oxygen atoms in total. The number of benzene rings is 2. The molecule has 2 aromatic carbocycles. The summed E-state index contributed by atoms with van der Waals surface area (Å²) in [5.74, 6) is -1.85.